The third-order valence-corrected chi connectivity index (χ3v) is 2.34. The van der Waals surface area contributed by atoms with E-state index in [2.05, 4.69) is 11.9 Å². The quantitative estimate of drug-likeness (QED) is 0.782. The molecule has 74 valence electrons. The largest absolute Gasteiger partial charge is 0.496 e. The molecule has 2 aromatic heterocycles. The summed E-state index contributed by atoms with van der Waals surface area (Å²) in [6.07, 6.45) is 4.41. The van der Waals surface area contributed by atoms with E-state index in [9.17, 15) is 0 Å². The van der Waals surface area contributed by atoms with Gasteiger partial charge in [0.25, 0.3) is 0 Å². The number of imidazole rings is 1. The van der Waals surface area contributed by atoms with Gasteiger partial charge in [0.1, 0.15) is 17.2 Å². The summed E-state index contributed by atoms with van der Waals surface area (Å²) in [5.74, 6) is 1.52. The lowest BCUT2D eigenvalue weighted by Gasteiger charge is -2.07. The molecule has 0 aliphatic carbocycles. The molecule has 0 amide bonds. The van der Waals surface area contributed by atoms with Crippen LogP contribution in [0.15, 0.2) is 18.5 Å². The summed E-state index contributed by atoms with van der Waals surface area (Å²) in [5, 5.41) is 0. The maximum atomic E-state index is 5.75. The molecule has 4 heteroatoms. The fourth-order valence-electron chi connectivity index (χ4n) is 1.63. The van der Waals surface area contributed by atoms with Gasteiger partial charge in [0, 0.05) is 11.8 Å². The van der Waals surface area contributed by atoms with Gasteiger partial charge in [-0.2, -0.15) is 0 Å². The first-order chi connectivity index (χ1) is 6.77. The lowest BCUT2D eigenvalue weighted by molar-refractivity contribution is 0.410. The lowest BCUT2D eigenvalue weighted by Crippen LogP contribution is -1.98. The maximum absolute atomic E-state index is 5.75. The van der Waals surface area contributed by atoms with Crippen LogP contribution in [0.4, 0.5) is 5.82 Å². The van der Waals surface area contributed by atoms with Crippen LogP contribution in [-0.4, -0.2) is 16.5 Å². The van der Waals surface area contributed by atoms with Gasteiger partial charge in [-0.3, -0.25) is 4.40 Å². The minimum absolute atomic E-state index is 0.650. The van der Waals surface area contributed by atoms with Crippen molar-refractivity contribution in [2.75, 3.05) is 12.8 Å². The molecule has 0 fully saturated rings. The van der Waals surface area contributed by atoms with Crippen molar-refractivity contribution in [3.05, 3.63) is 24.0 Å². The average molecular weight is 191 g/mol. The molecule has 0 saturated carbocycles. The summed E-state index contributed by atoms with van der Waals surface area (Å²) in [4.78, 5) is 4.26. The summed E-state index contributed by atoms with van der Waals surface area (Å²) in [5.41, 5.74) is 7.72. The smallest absolute Gasteiger partial charge is 0.145 e. The van der Waals surface area contributed by atoms with Crippen LogP contribution in [0.25, 0.3) is 5.65 Å². The van der Waals surface area contributed by atoms with Crippen LogP contribution < -0.4 is 10.5 Å². The van der Waals surface area contributed by atoms with Crippen molar-refractivity contribution in [1.29, 1.82) is 0 Å². The van der Waals surface area contributed by atoms with Gasteiger partial charge in [0.05, 0.1) is 13.3 Å². The Bertz CT molecular complexity index is 462. The number of nitrogen functional groups attached to an aromatic ring is 1. The van der Waals surface area contributed by atoms with E-state index in [0.29, 0.717) is 5.82 Å². The first kappa shape index (κ1) is 8.87. The molecule has 0 bridgehead atoms. The molecule has 0 radical (unpaired) electrons. The predicted molar refractivity (Wildman–Crippen MR) is 55.5 cm³/mol. The van der Waals surface area contributed by atoms with E-state index in [1.54, 1.807) is 13.3 Å². The summed E-state index contributed by atoms with van der Waals surface area (Å²) in [7, 11) is 1.66. The van der Waals surface area contributed by atoms with Crippen molar-refractivity contribution in [2.45, 2.75) is 13.3 Å². The molecule has 0 spiro atoms. The molecule has 14 heavy (non-hydrogen) atoms. The van der Waals surface area contributed by atoms with Crippen molar-refractivity contribution in [1.82, 2.24) is 9.38 Å². The van der Waals surface area contributed by atoms with Gasteiger partial charge in [-0.25, -0.2) is 4.98 Å². The van der Waals surface area contributed by atoms with Crippen molar-refractivity contribution in [3.8, 4) is 5.75 Å². The van der Waals surface area contributed by atoms with E-state index in [-0.39, 0.29) is 0 Å². The van der Waals surface area contributed by atoms with Gasteiger partial charge in [0.2, 0.25) is 0 Å². The molecule has 0 aromatic carbocycles. The number of aromatic nitrogens is 2. The highest BCUT2D eigenvalue weighted by Crippen LogP contribution is 2.24. The number of methoxy groups -OCH3 is 1. The van der Waals surface area contributed by atoms with Gasteiger partial charge < -0.3 is 10.5 Å². The number of fused-ring (bicyclic) bond motifs is 1. The molecule has 0 aliphatic rings. The van der Waals surface area contributed by atoms with Crippen LogP contribution in [0.2, 0.25) is 0 Å². The van der Waals surface area contributed by atoms with Crippen molar-refractivity contribution >= 4 is 11.5 Å². The minimum atomic E-state index is 0.650. The second-order valence-corrected chi connectivity index (χ2v) is 3.09. The number of anilines is 1. The van der Waals surface area contributed by atoms with Crippen LogP contribution in [0.1, 0.15) is 12.5 Å². The SMILES string of the molecule is CCc1c(OC)ccn2c(N)cnc12. The van der Waals surface area contributed by atoms with Crippen LogP contribution in [0.3, 0.4) is 0 Å². The fourth-order valence-corrected chi connectivity index (χ4v) is 1.63. The van der Waals surface area contributed by atoms with E-state index < -0.39 is 0 Å². The molecule has 0 aliphatic heterocycles. The standard InChI is InChI=1S/C10H13N3O/c1-3-7-8(14-2)4-5-13-9(11)6-12-10(7)13/h4-6H,3,11H2,1-2H3. The van der Waals surface area contributed by atoms with E-state index in [4.69, 9.17) is 10.5 Å². The fraction of sp³-hybridized carbons (Fsp3) is 0.300. The minimum Gasteiger partial charge on any atom is -0.496 e. The Hall–Kier alpha value is -1.71. The lowest BCUT2D eigenvalue weighted by atomic mass is 10.2. The normalized spacial score (nSPS) is 10.7. The monoisotopic (exact) mass is 191 g/mol. The molecule has 0 unspecified atom stereocenters. The Labute approximate surface area is 82.3 Å². The van der Waals surface area contributed by atoms with E-state index in [1.807, 2.05) is 16.7 Å². The Morgan fingerprint density at radius 1 is 1.57 bits per heavy atom. The average Bonchev–Trinajstić information content (AvgIpc) is 2.59. The van der Waals surface area contributed by atoms with Crippen LogP contribution in [0.5, 0.6) is 5.75 Å². The number of aryl methyl sites for hydroxylation is 1. The molecule has 0 saturated heterocycles. The molecule has 4 nitrogen and oxygen atoms in total. The van der Waals surface area contributed by atoms with Crippen LogP contribution in [0, 0.1) is 0 Å². The highest BCUT2D eigenvalue weighted by Gasteiger charge is 2.09. The predicted octanol–water partition coefficient (Wildman–Crippen LogP) is 1.49. The third-order valence-electron chi connectivity index (χ3n) is 2.34. The summed E-state index contributed by atoms with van der Waals surface area (Å²) < 4.78 is 7.12. The molecule has 2 heterocycles. The van der Waals surface area contributed by atoms with Gasteiger partial charge >= 0.3 is 0 Å². The van der Waals surface area contributed by atoms with Crippen molar-refractivity contribution < 1.29 is 4.74 Å². The second-order valence-electron chi connectivity index (χ2n) is 3.09. The van der Waals surface area contributed by atoms with Crippen molar-refractivity contribution in [3.63, 3.8) is 0 Å². The number of nitrogens with two attached hydrogens (primary N) is 1. The van der Waals surface area contributed by atoms with Gasteiger partial charge in [-0.15, -0.1) is 0 Å². The topological polar surface area (TPSA) is 52.5 Å². The molecular weight excluding hydrogens is 178 g/mol. The zero-order valence-electron chi connectivity index (χ0n) is 8.32. The first-order valence-electron chi connectivity index (χ1n) is 4.56. The van der Waals surface area contributed by atoms with E-state index in [0.717, 1.165) is 23.4 Å². The van der Waals surface area contributed by atoms with Gasteiger partial charge in [-0.1, -0.05) is 6.92 Å². The van der Waals surface area contributed by atoms with Gasteiger partial charge in [0.15, 0.2) is 0 Å². The molecule has 2 rings (SSSR count). The summed E-state index contributed by atoms with van der Waals surface area (Å²) >= 11 is 0. The van der Waals surface area contributed by atoms with Crippen LogP contribution >= 0.6 is 0 Å². The summed E-state index contributed by atoms with van der Waals surface area (Å²) in [6, 6.07) is 1.91. The Morgan fingerprint density at radius 3 is 3.00 bits per heavy atom. The number of ether oxygens (including phenoxy) is 1. The summed E-state index contributed by atoms with van der Waals surface area (Å²) in [6.45, 7) is 2.07. The highest BCUT2D eigenvalue weighted by atomic mass is 16.5. The number of hydrogen-bond acceptors (Lipinski definition) is 3. The van der Waals surface area contributed by atoms with Crippen molar-refractivity contribution in [2.24, 2.45) is 0 Å². The van der Waals surface area contributed by atoms with Crippen LogP contribution in [-0.2, 0) is 6.42 Å². The first-order valence-corrected chi connectivity index (χ1v) is 4.56. The number of rotatable bonds is 2. The molecular formula is C10H13N3O. The number of hydrogen-bond donors (Lipinski definition) is 1. The molecule has 2 N–H and O–H groups in total. The molecule has 0 atom stereocenters. The van der Waals surface area contributed by atoms with Gasteiger partial charge in [-0.05, 0) is 12.5 Å². The Balaban J connectivity index is 2.77. The Morgan fingerprint density at radius 2 is 2.36 bits per heavy atom. The Kier molecular flexibility index (Phi) is 2.04. The zero-order valence-corrected chi connectivity index (χ0v) is 8.32. The molecule has 2 aromatic rings. The van der Waals surface area contributed by atoms with E-state index >= 15 is 0 Å². The van der Waals surface area contributed by atoms with E-state index in [1.165, 1.54) is 0 Å². The highest BCUT2D eigenvalue weighted by molar-refractivity contribution is 5.59. The number of pyridine rings is 1. The maximum Gasteiger partial charge on any atom is 0.145 e. The second kappa shape index (κ2) is 3.21. The zero-order chi connectivity index (χ0) is 10.1. The third kappa shape index (κ3) is 1.11. The number of nitrogens with zero attached hydrogens (tertiary/aromatic N) is 2.